The van der Waals surface area contributed by atoms with Crippen molar-refractivity contribution < 1.29 is 9.90 Å². The number of thiazole rings is 2. The number of carbonyl (C=O) groups excluding carboxylic acids is 1. The van der Waals surface area contributed by atoms with Gasteiger partial charge in [-0.2, -0.15) is 0 Å². The number of aliphatic hydroxyl groups excluding tert-OH is 1. The van der Waals surface area contributed by atoms with Crippen molar-refractivity contribution in [3.05, 3.63) is 40.0 Å². The smallest absolute Gasteiger partial charge is 0.255 e. The van der Waals surface area contributed by atoms with Crippen LogP contribution in [0.4, 0.5) is 10.9 Å². The van der Waals surface area contributed by atoms with E-state index >= 15 is 0 Å². The summed E-state index contributed by atoms with van der Waals surface area (Å²) in [5, 5.41) is 16.5. The number of hydrogen-bond donors (Lipinski definition) is 2. The number of anilines is 2. The molecule has 1 aliphatic heterocycles. The van der Waals surface area contributed by atoms with Gasteiger partial charge in [0, 0.05) is 18.1 Å². The second-order valence-electron chi connectivity index (χ2n) is 7.07. The second-order valence-corrected chi connectivity index (χ2v) is 9.13. The van der Waals surface area contributed by atoms with Gasteiger partial charge in [0.05, 0.1) is 39.5 Å². The average Bonchev–Trinajstić information content (AvgIpc) is 3.33. The van der Waals surface area contributed by atoms with Crippen LogP contribution in [0.15, 0.2) is 23.7 Å². The first kappa shape index (κ1) is 19.9. The van der Waals surface area contributed by atoms with Gasteiger partial charge in [-0.15, -0.1) is 22.7 Å². The van der Waals surface area contributed by atoms with Gasteiger partial charge in [-0.3, -0.25) is 4.79 Å². The highest BCUT2D eigenvalue weighted by atomic mass is 32.1. The number of aryl methyl sites for hydroxylation is 2. The molecule has 0 saturated carbocycles. The quantitative estimate of drug-likeness (QED) is 0.637. The molecular weight excluding hydrogens is 406 g/mol. The van der Waals surface area contributed by atoms with Gasteiger partial charge in [-0.1, -0.05) is 0 Å². The zero-order valence-corrected chi connectivity index (χ0v) is 18.0. The lowest BCUT2D eigenvalue weighted by atomic mass is 10.0. The lowest BCUT2D eigenvalue weighted by Crippen LogP contribution is -2.45. The first-order valence-electron chi connectivity index (χ1n) is 9.60. The third-order valence-corrected chi connectivity index (χ3v) is 6.84. The van der Waals surface area contributed by atoms with E-state index in [0.29, 0.717) is 17.9 Å². The number of aliphatic hydroxyl groups is 1. The largest absolute Gasteiger partial charge is 0.394 e. The van der Waals surface area contributed by atoms with Crippen molar-refractivity contribution in [1.82, 2.24) is 19.9 Å². The topological polar surface area (TPSA) is 91.2 Å². The highest BCUT2D eigenvalue weighted by Crippen LogP contribution is 2.32. The second kappa shape index (κ2) is 8.56. The number of carbonyl (C=O) groups is 1. The Morgan fingerprint density at radius 3 is 2.86 bits per heavy atom. The van der Waals surface area contributed by atoms with Gasteiger partial charge in [0.2, 0.25) is 0 Å². The molecule has 1 aliphatic rings. The van der Waals surface area contributed by atoms with E-state index in [2.05, 4.69) is 20.3 Å². The first-order chi connectivity index (χ1) is 14.0. The lowest BCUT2D eigenvalue weighted by Gasteiger charge is -2.34. The summed E-state index contributed by atoms with van der Waals surface area (Å²) in [6.07, 6.45) is 4.45. The summed E-state index contributed by atoms with van der Waals surface area (Å²) < 4.78 is 0. The summed E-state index contributed by atoms with van der Waals surface area (Å²) >= 11 is 3.14. The van der Waals surface area contributed by atoms with E-state index < -0.39 is 0 Å². The van der Waals surface area contributed by atoms with Crippen LogP contribution in [-0.4, -0.2) is 50.1 Å². The van der Waals surface area contributed by atoms with Crippen molar-refractivity contribution in [2.24, 2.45) is 0 Å². The number of nitrogens with zero attached hydrogens (tertiary/aromatic N) is 4. The van der Waals surface area contributed by atoms with Crippen LogP contribution in [-0.2, 0) is 0 Å². The third-order valence-electron chi connectivity index (χ3n) is 4.98. The normalized spacial score (nSPS) is 16.8. The van der Waals surface area contributed by atoms with Gasteiger partial charge in [-0.05, 0) is 45.2 Å². The molecule has 2 N–H and O–H groups in total. The number of amides is 1. The van der Waals surface area contributed by atoms with E-state index in [4.69, 9.17) is 0 Å². The minimum atomic E-state index is -0.0957. The minimum Gasteiger partial charge on any atom is -0.394 e. The van der Waals surface area contributed by atoms with E-state index in [1.807, 2.05) is 19.2 Å². The summed E-state index contributed by atoms with van der Waals surface area (Å²) in [5.41, 5.74) is 2.43. The summed E-state index contributed by atoms with van der Waals surface area (Å²) in [7, 11) is 0. The van der Waals surface area contributed by atoms with E-state index in [0.717, 1.165) is 45.7 Å². The van der Waals surface area contributed by atoms with E-state index in [1.54, 1.807) is 34.6 Å². The molecule has 3 aromatic rings. The molecule has 0 bridgehead atoms. The molecule has 3 aromatic heterocycles. The van der Waals surface area contributed by atoms with Gasteiger partial charge in [0.15, 0.2) is 5.13 Å². The molecule has 0 spiro atoms. The molecule has 0 aromatic carbocycles. The van der Waals surface area contributed by atoms with Gasteiger partial charge < -0.3 is 15.3 Å². The van der Waals surface area contributed by atoms with Gasteiger partial charge >= 0.3 is 0 Å². The number of rotatable bonds is 5. The summed E-state index contributed by atoms with van der Waals surface area (Å²) in [4.78, 5) is 29.1. The van der Waals surface area contributed by atoms with Crippen LogP contribution in [0.5, 0.6) is 0 Å². The number of nitrogens with one attached hydrogen (secondary N) is 1. The van der Waals surface area contributed by atoms with Crippen molar-refractivity contribution in [1.29, 1.82) is 0 Å². The highest BCUT2D eigenvalue weighted by Gasteiger charge is 2.27. The Balaban J connectivity index is 1.45. The van der Waals surface area contributed by atoms with Crippen molar-refractivity contribution in [2.75, 3.05) is 18.5 Å². The molecule has 1 saturated heterocycles. The fourth-order valence-electron chi connectivity index (χ4n) is 3.53. The Bertz CT molecular complexity index is 999. The van der Waals surface area contributed by atoms with Gasteiger partial charge in [0.1, 0.15) is 5.82 Å². The Morgan fingerprint density at radius 1 is 1.31 bits per heavy atom. The van der Waals surface area contributed by atoms with Crippen LogP contribution in [0.2, 0.25) is 0 Å². The van der Waals surface area contributed by atoms with Crippen LogP contribution >= 0.6 is 22.7 Å². The molecule has 1 atom stereocenters. The highest BCUT2D eigenvalue weighted by molar-refractivity contribution is 7.16. The monoisotopic (exact) mass is 429 g/mol. The summed E-state index contributed by atoms with van der Waals surface area (Å²) in [6, 6.07) is 3.46. The lowest BCUT2D eigenvalue weighted by molar-refractivity contribution is 0.0502. The molecule has 7 nitrogen and oxygen atoms in total. The summed E-state index contributed by atoms with van der Waals surface area (Å²) in [6.45, 7) is 4.67. The molecule has 0 radical (unpaired) electrons. The molecular formula is C20H23N5O2S2. The van der Waals surface area contributed by atoms with E-state index in [9.17, 15) is 9.90 Å². The van der Waals surface area contributed by atoms with Gasteiger partial charge in [0.25, 0.3) is 5.91 Å². The van der Waals surface area contributed by atoms with Crippen molar-refractivity contribution >= 4 is 39.5 Å². The molecule has 0 aliphatic carbocycles. The maximum atomic E-state index is 12.8. The molecule has 4 heterocycles. The number of likely N-dealkylation sites (tertiary alicyclic amines) is 1. The fourth-order valence-corrected chi connectivity index (χ4v) is 5.20. The molecule has 152 valence electrons. The predicted octanol–water partition coefficient (Wildman–Crippen LogP) is 4.01. The average molecular weight is 430 g/mol. The SMILES string of the molecule is Cc1nc(C)c(-c2csc(Nc3ccc(C(=O)N4CCCCC4CO)cn3)n2)s1. The predicted molar refractivity (Wildman–Crippen MR) is 116 cm³/mol. The molecule has 9 heteroatoms. The number of piperidine rings is 1. The van der Waals surface area contributed by atoms with E-state index in [1.165, 1.54) is 11.3 Å². The maximum absolute atomic E-state index is 12.8. The van der Waals surface area contributed by atoms with Crippen LogP contribution in [0.25, 0.3) is 10.6 Å². The van der Waals surface area contributed by atoms with Crippen molar-refractivity contribution in [3.8, 4) is 10.6 Å². The van der Waals surface area contributed by atoms with Crippen molar-refractivity contribution in [2.45, 2.75) is 39.2 Å². The molecule has 1 amide bonds. The summed E-state index contributed by atoms with van der Waals surface area (Å²) in [5.74, 6) is 0.562. The fraction of sp³-hybridized carbons (Fsp3) is 0.400. The Labute approximate surface area is 177 Å². The zero-order valence-electron chi connectivity index (χ0n) is 16.4. The van der Waals surface area contributed by atoms with Crippen LogP contribution in [0, 0.1) is 13.8 Å². The Kier molecular flexibility index (Phi) is 5.89. The van der Waals surface area contributed by atoms with Crippen LogP contribution in [0.1, 0.15) is 40.3 Å². The molecule has 1 fully saturated rings. The molecule has 4 rings (SSSR count). The Hall–Kier alpha value is -2.36. The molecule has 1 unspecified atom stereocenters. The molecule has 29 heavy (non-hydrogen) atoms. The van der Waals surface area contributed by atoms with Crippen LogP contribution in [0.3, 0.4) is 0 Å². The number of aromatic nitrogens is 3. The van der Waals surface area contributed by atoms with Gasteiger partial charge in [-0.25, -0.2) is 15.0 Å². The first-order valence-corrected chi connectivity index (χ1v) is 11.3. The standard InChI is InChI=1S/C20H23N5O2S2/c1-12-18(29-13(2)22-12)16-11-28-20(23-16)24-17-7-6-14(9-21-17)19(27)25-8-4-3-5-15(25)10-26/h6-7,9,11,15,26H,3-5,8,10H2,1-2H3,(H,21,23,24). The van der Waals surface area contributed by atoms with Crippen molar-refractivity contribution in [3.63, 3.8) is 0 Å². The minimum absolute atomic E-state index is 0.00392. The Morgan fingerprint density at radius 2 is 2.17 bits per heavy atom. The zero-order chi connectivity index (χ0) is 20.4. The third kappa shape index (κ3) is 4.31. The maximum Gasteiger partial charge on any atom is 0.255 e. The van der Waals surface area contributed by atoms with E-state index in [-0.39, 0.29) is 18.6 Å². The van der Waals surface area contributed by atoms with Crippen LogP contribution < -0.4 is 5.32 Å². The number of pyridine rings is 1. The number of hydrogen-bond acceptors (Lipinski definition) is 8.